The summed E-state index contributed by atoms with van der Waals surface area (Å²) in [4.78, 5) is 8.17. The molecule has 0 atom stereocenters. The molecule has 0 aliphatic rings. The first kappa shape index (κ1) is 14.0. The summed E-state index contributed by atoms with van der Waals surface area (Å²) < 4.78 is 5.66. The molecule has 2 aromatic heterocycles. The Labute approximate surface area is 121 Å². The van der Waals surface area contributed by atoms with E-state index < -0.39 is 0 Å². The molecule has 7 heteroatoms. The highest BCUT2D eigenvalue weighted by molar-refractivity contribution is 6.35. The van der Waals surface area contributed by atoms with Crippen LogP contribution in [0.25, 0.3) is 5.76 Å². The molecular weight excluding hydrogens is 278 g/mol. The summed E-state index contributed by atoms with van der Waals surface area (Å²) >= 11 is 6.21. The molecule has 2 heterocycles. The number of nitrogens with zero attached hydrogens (tertiary/aromatic N) is 2. The second-order valence-electron chi connectivity index (χ2n) is 3.79. The molecule has 0 radical (unpaired) electrons. The minimum atomic E-state index is 0.293. The minimum absolute atomic E-state index is 0.293. The molecule has 0 aliphatic carbocycles. The van der Waals surface area contributed by atoms with Gasteiger partial charge in [-0.25, -0.2) is 4.98 Å². The second kappa shape index (κ2) is 6.12. The highest BCUT2D eigenvalue weighted by atomic mass is 35.5. The fraction of sp³-hybridized carbons (Fsp3) is 0.0769. The fourth-order valence-corrected chi connectivity index (χ4v) is 1.87. The van der Waals surface area contributed by atoms with Gasteiger partial charge in [0.25, 0.3) is 0 Å². The van der Waals surface area contributed by atoms with Crippen LogP contribution in [0.1, 0.15) is 5.69 Å². The molecule has 104 valence electrons. The molecular formula is C13H14ClN5O. The topological polar surface area (TPSA) is 99.1 Å². The molecule has 20 heavy (non-hydrogen) atoms. The Hall–Kier alpha value is -2.47. The summed E-state index contributed by atoms with van der Waals surface area (Å²) in [6.07, 6.45) is 4.39. The fourth-order valence-electron chi connectivity index (χ4n) is 1.59. The van der Waals surface area contributed by atoms with Crippen molar-refractivity contribution in [1.29, 1.82) is 0 Å². The van der Waals surface area contributed by atoms with E-state index in [0.717, 1.165) is 0 Å². The first-order valence-corrected chi connectivity index (χ1v) is 6.18. The highest BCUT2D eigenvalue weighted by Gasteiger charge is 2.14. The number of ether oxygens (including phenoxy) is 1. The summed E-state index contributed by atoms with van der Waals surface area (Å²) in [6, 6.07) is 5.40. The molecule has 0 amide bonds. The average Bonchev–Trinajstić information content (AvgIpc) is 2.48. The Morgan fingerprint density at radius 2 is 2.20 bits per heavy atom. The van der Waals surface area contributed by atoms with E-state index in [2.05, 4.69) is 15.3 Å². The van der Waals surface area contributed by atoms with Crippen LogP contribution in [0, 0.1) is 0 Å². The van der Waals surface area contributed by atoms with Gasteiger partial charge in [-0.3, -0.25) is 4.98 Å². The SMILES string of the molecule is CNc1c(N)ncc(OC(=CN)c2ccccn2)c1Cl. The molecule has 5 N–H and O–H groups in total. The van der Waals surface area contributed by atoms with Crippen molar-refractivity contribution in [3.8, 4) is 5.75 Å². The van der Waals surface area contributed by atoms with Gasteiger partial charge in [0, 0.05) is 19.4 Å². The van der Waals surface area contributed by atoms with Gasteiger partial charge in [0.1, 0.15) is 16.5 Å². The number of nitrogens with two attached hydrogens (primary N) is 2. The quantitative estimate of drug-likeness (QED) is 0.746. The van der Waals surface area contributed by atoms with Crippen LogP contribution < -0.4 is 21.5 Å². The Morgan fingerprint density at radius 1 is 1.40 bits per heavy atom. The lowest BCUT2D eigenvalue weighted by molar-refractivity contribution is 0.509. The molecule has 0 saturated carbocycles. The zero-order valence-corrected chi connectivity index (χ0v) is 11.6. The minimum Gasteiger partial charge on any atom is -0.450 e. The summed E-state index contributed by atoms with van der Waals surface area (Å²) in [5.41, 5.74) is 12.4. The number of anilines is 2. The number of rotatable bonds is 4. The Bertz CT molecular complexity index is 630. The molecule has 0 fully saturated rings. The van der Waals surface area contributed by atoms with E-state index in [4.69, 9.17) is 27.8 Å². The normalized spacial score (nSPS) is 11.2. The van der Waals surface area contributed by atoms with Gasteiger partial charge in [-0.15, -0.1) is 0 Å². The van der Waals surface area contributed by atoms with Crippen LogP contribution in [0.2, 0.25) is 5.02 Å². The van der Waals surface area contributed by atoms with E-state index in [0.29, 0.717) is 33.7 Å². The van der Waals surface area contributed by atoms with Gasteiger partial charge in [0.2, 0.25) is 0 Å². The van der Waals surface area contributed by atoms with Crippen LogP contribution in [-0.2, 0) is 0 Å². The van der Waals surface area contributed by atoms with E-state index in [1.165, 1.54) is 12.4 Å². The van der Waals surface area contributed by atoms with Gasteiger partial charge < -0.3 is 21.5 Å². The van der Waals surface area contributed by atoms with Crippen molar-refractivity contribution in [2.24, 2.45) is 5.73 Å². The Kier molecular flexibility index (Phi) is 4.27. The van der Waals surface area contributed by atoms with Crippen LogP contribution in [0.3, 0.4) is 0 Å². The van der Waals surface area contributed by atoms with E-state index >= 15 is 0 Å². The third-order valence-electron chi connectivity index (χ3n) is 2.55. The molecule has 2 aromatic rings. The van der Waals surface area contributed by atoms with Crippen molar-refractivity contribution in [2.75, 3.05) is 18.1 Å². The molecule has 0 unspecified atom stereocenters. The Morgan fingerprint density at radius 3 is 2.80 bits per heavy atom. The maximum atomic E-state index is 6.21. The maximum absolute atomic E-state index is 6.21. The zero-order chi connectivity index (χ0) is 14.5. The predicted molar refractivity (Wildman–Crippen MR) is 80.2 cm³/mol. The van der Waals surface area contributed by atoms with Crippen molar-refractivity contribution in [2.45, 2.75) is 0 Å². The van der Waals surface area contributed by atoms with E-state index in [1.807, 2.05) is 6.07 Å². The molecule has 0 spiro atoms. The van der Waals surface area contributed by atoms with Crippen LogP contribution >= 0.6 is 11.6 Å². The van der Waals surface area contributed by atoms with Crippen molar-refractivity contribution in [1.82, 2.24) is 9.97 Å². The summed E-state index contributed by atoms with van der Waals surface area (Å²) in [5.74, 6) is 1.01. The van der Waals surface area contributed by atoms with Gasteiger partial charge in [0.05, 0.1) is 11.9 Å². The van der Waals surface area contributed by atoms with Crippen molar-refractivity contribution in [3.63, 3.8) is 0 Å². The number of hydrogen-bond acceptors (Lipinski definition) is 6. The molecule has 0 aromatic carbocycles. The molecule has 6 nitrogen and oxygen atoms in total. The van der Waals surface area contributed by atoms with Gasteiger partial charge in [0.15, 0.2) is 11.5 Å². The third-order valence-corrected chi connectivity index (χ3v) is 2.93. The highest BCUT2D eigenvalue weighted by Crippen LogP contribution is 2.36. The second-order valence-corrected chi connectivity index (χ2v) is 4.17. The average molecular weight is 292 g/mol. The molecule has 0 saturated heterocycles. The smallest absolute Gasteiger partial charge is 0.168 e. The predicted octanol–water partition coefficient (Wildman–Crippen LogP) is 2.09. The van der Waals surface area contributed by atoms with E-state index in [9.17, 15) is 0 Å². The van der Waals surface area contributed by atoms with Crippen molar-refractivity contribution >= 4 is 28.9 Å². The summed E-state index contributed by atoms with van der Waals surface area (Å²) in [5, 5.41) is 3.20. The van der Waals surface area contributed by atoms with Crippen LogP contribution in [0.5, 0.6) is 5.75 Å². The van der Waals surface area contributed by atoms with Gasteiger partial charge in [-0.2, -0.15) is 0 Å². The lowest BCUT2D eigenvalue weighted by atomic mass is 10.3. The lowest BCUT2D eigenvalue weighted by Crippen LogP contribution is -2.04. The standard InChI is InChI=1S/C13H14ClN5O/c1-17-12-11(14)10(7-19-13(12)16)20-9(6-15)8-4-2-3-5-18-8/h2-7,17H,15H2,1H3,(H2,16,19). The molecule has 2 rings (SSSR count). The van der Waals surface area contributed by atoms with Crippen LogP contribution in [0.15, 0.2) is 36.8 Å². The van der Waals surface area contributed by atoms with Gasteiger partial charge in [-0.05, 0) is 12.1 Å². The summed E-state index contributed by atoms with van der Waals surface area (Å²) in [7, 11) is 1.70. The van der Waals surface area contributed by atoms with Gasteiger partial charge in [-0.1, -0.05) is 17.7 Å². The summed E-state index contributed by atoms with van der Waals surface area (Å²) in [6.45, 7) is 0. The van der Waals surface area contributed by atoms with E-state index in [1.54, 1.807) is 25.4 Å². The third kappa shape index (κ3) is 2.75. The first-order valence-electron chi connectivity index (χ1n) is 5.80. The number of nitrogen functional groups attached to an aromatic ring is 1. The largest absolute Gasteiger partial charge is 0.450 e. The number of pyridine rings is 2. The Balaban J connectivity index is 2.35. The van der Waals surface area contributed by atoms with Crippen molar-refractivity contribution < 1.29 is 4.74 Å². The number of aromatic nitrogens is 2. The first-order chi connectivity index (χ1) is 9.67. The monoisotopic (exact) mass is 291 g/mol. The zero-order valence-electron chi connectivity index (χ0n) is 10.8. The van der Waals surface area contributed by atoms with Crippen LogP contribution in [0.4, 0.5) is 11.5 Å². The molecule has 0 aliphatic heterocycles. The number of halogens is 1. The van der Waals surface area contributed by atoms with Crippen LogP contribution in [-0.4, -0.2) is 17.0 Å². The number of hydrogen-bond donors (Lipinski definition) is 3. The molecule has 0 bridgehead atoms. The van der Waals surface area contributed by atoms with E-state index in [-0.39, 0.29) is 0 Å². The lowest BCUT2D eigenvalue weighted by Gasteiger charge is -2.13. The van der Waals surface area contributed by atoms with Crippen molar-refractivity contribution in [3.05, 3.63) is 47.5 Å². The number of nitrogens with one attached hydrogen (secondary N) is 1. The van der Waals surface area contributed by atoms with Gasteiger partial charge >= 0.3 is 0 Å². The maximum Gasteiger partial charge on any atom is 0.168 e.